The van der Waals surface area contributed by atoms with E-state index in [1.54, 1.807) is 26.2 Å². The largest absolute Gasteiger partial charge is 0.379 e. The van der Waals surface area contributed by atoms with Crippen molar-refractivity contribution in [2.45, 2.75) is 26.3 Å². The van der Waals surface area contributed by atoms with Crippen LogP contribution in [0.4, 0.5) is 10.5 Å². The summed E-state index contributed by atoms with van der Waals surface area (Å²) in [6.45, 7) is 9.61. The molecule has 0 unspecified atom stereocenters. The first kappa shape index (κ1) is 17.5. The molecule has 1 aromatic rings. The Balaban J connectivity index is 1.95. The zero-order valence-corrected chi connectivity index (χ0v) is 14.3. The van der Waals surface area contributed by atoms with Crippen LogP contribution >= 0.6 is 0 Å². The Kier molecular flexibility index (Phi) is 5.43. The van der Waals surface area contributed by atoms with E-state index in [-0.39, 0.29) is 17.1 Å². The van der Waals surface area contributed by atoms with Crippen molar-refractivity contribution < 1.29 is 9.53 Å². The second kappa shape index (κ2) is 7.14. The third-order valence-electron chi connectivity index (χ3n) is 4.26. The minimum Gasteiger partial charge on any atom is -0.379 e. The van der Waals surface area contributed by atoms with E-state index in [9.17, 15) is 9.59 Å². The van der Waals surface area contributed by atoms with Crippen LogP contribution in [0.1, 0.15) is 19.4 Å². The molecule has 0 aliphatic carbocycles. The molecule has 7 heteroatoms. The highest BCUT2D eigenvalue weighted by Gasteiger charge is 2.28. The molecule has 0 spiro atoms. The number of carbonyl (C=O) groups is 1. The molecule has 0 atom stereocenters. The van der Waals surface area contributed by atoms with Gasteiger partial charge in [-0.25, -0.2) is 4.79 Å². The Morgan fingerprint density at radius 2 is 2.00 bits per heavy atom. The average Bonchev–Trinajstić information content (AvgIpc) is 2.54. The lowest BCUT2D eigenvalue weighted by molar-refractivity contribution is -0.00863. The number of rotatable bonds is 4. The second-order valence-corrected chi connectivity index (χ2v) is 6.51. The summed E-state index contributed by atoms with van der Waals surface area (Å²) in [5, 5.41) is 5.53. The number of nitrogens with one attached hydrogen (secondary N) is 2. The maximum absolute atomic E-state index is 12.1. The van der Waals surface area contributed by atoms with Gasteiger partial charge in [-0.1, -0.05) is 0 Å². The predicted octanol–water partition coefficient (Wildman–Crippen LogP) is 0.926. The smallest absolute Gasteiger partial charge is 0.319 e. The molecule has 1 aliphatic heterocycles. The summed E-state index contributed by atoms with van der Waals surface area (Å²) >= 11 is 0. The highest BCUT2D eigenvalue weighted by Crippen LogP contribution is 2.15. The number of hydrogen-bond donors (Lipinski definition) is 2. The van der Waals surface area contributed by atoms with Gasteiger partial charge in [0.05, 0.1) is 13.2 Å². The number of aromatic nitrogens is 1. The molecule has 2 rings (SSSR count). The van der Waals surface area contributed by atoms with E-state index in [0.29, 0.717) is 12.2 Å². The van der Waals surface area contributed by atoms with Crippen molar-refractivity contribution in [3.05, 3.63) is 28.2 Å². The summed E-state index contributed by atoms with van der Waals surface area (Å²) in [5.41, 5.74) is 0.678. The molecule has 0 bridgehead atoms. The Bertz CT molecular complexity index is 618. The van der Waals surface area contributed by atoms with Crippen molar-refractivity contribution in [1.29, 1.82) is 0 Å². The van der Waals surface area contributed by atoms with Gasteiger partial charge < -0.3 is 19.9 Å². The number of pyridine rings is 1. The fourth-order valence-electron chi connectivity index (χ4n) is 2.61. The van der Waals surface area contributed by atoms with E-state index in [0.717, 1.165) is 31.9 Å². The van der Waals surface area contributed by atoms with Gasteiger partial charge >= 0.3 is 6.03 Å². The standard InChI is InChI=1S/C16H26N4O3/c1-12-5-6-19(4)14(21)13(12)18-15(22)17-11-16(2,3)20-7-9-23-10-8-20/h5-6H,7-11H2,1-4H3,(H2,17,18,22). The molecule has 2 N–H and O–H groups in total. The monoisotopic (exact) mass is 322 g/mol. The fraction of sp³-hybridized carbons (Fsp3) is 0.625. The van der Waals surface area contributed by atoms with E-state index in [4.69, 9.17) is 4.74 Å². The van der Waals surface area contributed by atoms with Crippen molar-refractivity contribution in [3.63, 3.8) is 0 Å². The van der Waals surface area contributed by atoms with Crippen molar-refractivity contribution in [3.8, 4) is 0 Å². The summed E-state index contributed by atoms with van der Waals surface area (Å²) in [5.74, 6) is 0. The molecule has 1 fully saturated rings. The molecule has 1 saturated heterocycles. The number of urea groups is 1. The number of aryl methyl sites for hydroxylation is 2. The summed E-state index contributed by atoms with van der Waals surface area (Å²) in [4.78, 5) is 26.5. The maximum atomic E-state index is 12.1. The van der Waals surface area contributed by atoms with Gasteiger partial charge in [0.2, 0.25) is 0 Å². The van der Waals surface area contributed by atoms with Gasteiger partial charge in [-0.3, -0.25) is 9.69 Å². The van der Waals surface area contributed by atoms with E-state index in [2.05, 4.69) is 29.4 Å². The normalized spacial score (nSPS) is 16.2. The average molecular weight is 322 g/mol. The van der Waals surface area contributed by atoms with Gasteiger partial charge in [-0.15, -0.1) is 0 Å². The van der Waals surface area contributed by atoms with Gasteiger partial charge in [0.15, 0.2) is 0 Å². The molecule has 0 radical (unpaired) electrons. The number of carbonyl (C=O) groups excluding carboxylic acids is 1. The van der Waals surface area contributed by atoms with Crippen molar-refractivity contribution in [2.75, 3.05) is 38.2 Å². The number of hydrogen-bond acceptors (Lipinski definition) is 4. The van der Waals surface area contributed by atoms with Crippen LogP contribution in [-0.4, -0.2) is 53.9 Å². The Hall–Kier alpha value is -1.86. The van der Waals surface area contributed by atoms with Gasteiger partial charge in [-0.2, -0.15) is 0 Å². The first-order valence-electron chi connectivity index (χ1n) is 7.85. The zero-order valence-electron chi connectivity index (χ0n) is 14.3. The van der Waals surface area contributed by atoms with E-state index < -0.39 is 0 Å². The minimum absolute atomic E-state index is 0.169. The fourth-order valence-corrected chi connectivity index (χ4v) is 2.61. The first-order valence-corrected chi connectivity index (χ1v) is 7.85. The van der Waals surface area contributed by atoms with Crippen LogP contribution in [0, 0.1) is 6.92 Å². The van der Waals surface area contributed by atoms with Crippen LogP contribution in [0.2, 0.25) is 0 Å². The molecule has 2 heterocycles. The molecule has 1 aliphatic rings. The molecule has 1 aromatic heterocycles. The highest BCUT2D eigenvalue weighted by molar-refractivity contribution is 5.89. The first-order chi connectivity index (χ1) is 10.8. The summed E-state index contributed by atoms with van der Waals surface area (Å²) in [6, 6.07) is 1.44. The van der Waals surface area contributed by atoms with E-state index >= 15 is 0 Å². The second-order valence-electron chi connectivity index (χ2n) is 6.51. The molecule has 128 valence electrons. The Morgan fingerprint density at radius 1 is 1.35 bits per heavy atom. The van der Waals surface area contributed by atoms with Gasteiger partial charge in [-0.05, 0) is 32.4 Å². The summed E-state index contributed by atoms with van der Waals surface area (Å²) in [7, 11) is 1.66. The lowest BCUT2D eigenvalue weighted by atomic mass is 10.0. The Labute approximate surface area is 136 Å². The SMILES string of the molecule is Cc1ccn(C)c(=O)c1NC(=O)NCC(C)(C)N1CCOCC1. The lowest BCUT2D eigenvalue weighted by Gasteiger charge is -2.40. The van der Waals surface area contributed by atoms with Crippen LogP contribution in [0.5, 0.6) is 0 Å². The Morgan fingerprint density at radius 3 is 2.65 bits per heavy atom. The summed E-state index contributed by atoms with van der Waals surface area (Å²) < 4.78 is 6.80. The third-order valence-corrected chi connectivity index (χ3v) is 4.26. The topological polar surface area (TPSA) is 75.6 Å². The van der Waals surface area contributed by atoms with Crippen molar-refractivity contribution in [1.82, 2.24) is 14.8 Å². The van der Waals surface area contributed by atoms with Gasteiger partial charge in [0.25, 0.3) is 5.56 Å². The van der Waals surface area contributed by atoms with Crippen LogP contribution in [0.3, 0.4) is 0 Å². The summed E-state index contributed by atoms with van der Waals surface area (Å²) in [6.07, 6.45) is 1.68. The molecule has 23 heavy (non-hydrogen) atoms. The van der Waals surface area contributed by atoms with Gasteiger partial charge in [0.1, 0.15) is 5.69 Å². The third kappa shape index (κ3) is 4.33. The zero-order chi connectivity index (χ0) is 17.0. The number of anilines is 1. The molecule has 0 aromatic carbocycles. The quantitative estimate of drug-likeness (QED) is 0.864. The molecule has 2 amide bonds. The maximum Gasteiger partial charge on any atom is 0.319 e. The van der Waals surface area contributed by atoms with Crippen molar-refractivity contribution >= 4 is 11.7 Å². The highest BCUT2D eigenvalue weighted by atomic mass is 16.5. The number of amides is 2. The molecular weight excluding hydrogens is 296 g/mol. The van der Waals surface area contributed by atoms with Crippen LogP contribution < -0.4 is 16.2 Å². The van der Waals surface area contributed by atoms with E-state index in [1.165, 1.54) is 4.57 Å². The van der Waals surface area contributed by atoms with Crippen LogP contribution in [-0.2, 0) is 11.8 Å². The minimum atomic E-state index is -0.363. The predicted molar refractivity (Wildman–Crippen MR) is 89.9 cm³/mol. The van der Waals surface area contributed by atoms with Crippen LogP contribution in [0.15, 0.2) is 17.1 Å². The van der Waals surface area contributed by atoms with Gasteiger partial charge in [0, 0.05) is 38.4 Å². The lowest BCUT2D eigenvalue weighted by Crippen LogP contribution is -2.55. The number of ether oxygens (including phenoxy) is 1. The van der Waals surface area contributed by atoms with Crippen molar-refractivity contribution in [2.24, 2.45) is 7.05 Å². The molecule has 7 nitrogen and oxygen atoms in total. The molecular formula is C16H26N4O3. The number of nitrogens with zero attached hydrogens (tertiary/aromatic N) is 2. The molecule has 0 saturated carbocycles. The van der Waals surface area contributed by atoms with Crippen LogP contribution in [0.25, 0.3) is 0 Å². The number of morpholine rings is 1. The van der Waals surface area contributed by atoms with E-state index in [1.807, 2.05) is 0 Å².